The Morgan fingerprint density at radius 3 is 1.77 bits per heavy atom. The van der Waals surface area contributed by atoms with Gasteiger partial charge in [0.15, 0.2) is 5.69 Å². The van der Waals surface area contributed by atoms with Crippen molar-refractivity contribution in [2.45, 2.75) is 13.8 Å². The van der Waals surface area contributed by atoms with Crippen molar-refractivity contribution >= 4 is 40.6 Å². The minimum atomic E-state index is -0.656. The molecule has 2 N–H and O–H groups in total. The summed E-state index contributed by atoms with van der Waals surface area (Å²) in [5, 5.41) is 61.3. The zero-order valence-electron chi connectivity index (χ0n) is 24.2. The van der Waals surface area contributed by atoms with E-state index in [4.69, 9.17) is 35.5 Å². The molecule has 0 fully saturated rings. The molecule has 0 aliphatic carbocycles. The number of hydrogen-bond acceptors (Lipinski definition) is 13. The summed E-state index contributed by atoms with van der Waals surface area (Å²) in [6.07, 6.45) is 0. The van der Waals surface area contributed by atoms with Crippen molar-refractivity contribution in [1.29, 1.82) is 15.8 Å². The van der Waals surface area contributed by atoms with Crippen molar-refractivity contribution < 1.29 is 27.0 Å². The van der Waals surface area contributed by atoms with Gasteiger partial charge in [0.1, 0.15) is 35.3 Å². The number of aromatic hydroxyl groups is 2. The Morgan fingerprint density at radius 2 is 1.32 bits per heavy atom. The molecule has 0 aliphatic heterocycles. The molecule has 4 heterocycles. The Balaban J connectivity index is 0.000000320. The molecule has 0 saturated heterocycles. The van der Waals surface area contributed by atoms with E-state index in [0.717, 1.165) is 9.13 Å². The van der Waals surface area contributed by atoms with Crippen LogP contribution in [0.15, 0.2) is 30.0 Å². The summed E-state index contributed by atoms with van der Waals surface area (Å²) in [4.78, 5) is 47.6. The molecule has 47 heavy (non-hydrogen) atoms. The standard InChI is InChI=1S/2C13H8N8O2.Co/c1-6-7(5-14)11(22)21(4)12(23)8(6)19-20-13-17-9(15-2)10(16-3)18-13;1-6-9(16-2)11(22)21(3)12(23)10(6)19-20-13-17-7(4-14)8(5-15)18-13;/h1,4H3,(H2,17,18,19,20,22,23);1,3H3,(H2,17,18,19,20,22,23);/q;;+2/p-2. The first-order valence-electron chi connectivity index (χ1n) is 12.0. The fourth-order valence-electron chi connectivity index (χ4n) is 3.46. The van der Waals surface area contributed by atoms with E-state index in [1.807, 2.05) is 0 Å². The Bertz CT molecular complexity index is 2120. The van der Waals surface area contributed by atoms with Crippen LogP contribution in [0.4, 0.5) is 40.6 Å². The van der Waals surface area contributed by atoms with Crippen molar-refractivity contribution in [3.63, 3.8) is 0 Å². The van der Waals surface area contributed by atoms with Crippen LogP contribution in [-0.4, -0.2) is 29.3 Å². The van der Waals surface area contributed by atoms with Gasteiger partial charge in [0, 0.05) is 25.6 Å². The molecule has 0 spiro atoms. The number of hydrogen-bond donors (Lipinski definition) is 2. The number of aromatic nitrogens is 6. The molecule has 4 aromatic heterocycles. The first kappa shape index (κ1) is 35.8. The van der Waals surface area contributed by atoms with Crippen LogP contribution in [0.2, 0.25) is 0 Å². The second-order valence-electron chi connectivity index (χ2n) is 8.51. The maximum Gasteiger partial charge on any atom is 2.00 e. The van der Waals surface area contributed by atoms with Crippen LogP contribution in [0.1, 0.15) is 28.1 Å². The molecule has 0 saturated carbocycles. The molecule has 1 radical (unpaired) electrons. The second-order valence-corrected chi connectivity index (χ2v) is 8.51. The van der Waals surface area contributed by atoms with Crippen LogP contribution in [0, 0.1) is 67.6 Å². The van der Waals surface area contributed by atoms with Gasteiger partial charge in [0.2, 0.25) is 17.7 Å². The predicted octanol–water partition coefficient (Wildman–Crippen LogP) is 3.60. The van der Waals surface area contributed by atoms with E-state index in [2.05, 4.69) is 54.9 Å². The van der Waals surface area contributed by atoms with Gasteiger partial charge in [-0.25, -0.2) is 16.5 Å². The Labute approximate surface area is 273 Å². The zero-order chi connectivity index (χ0) is 34.3. The average Bonchev–Trinajstić information content (AvgIpc) is 3.66. The number of rotatable bonds is 4. The molecule has 4 aromatic rings. The summed E-state index contributed by atoms with van der Waals surface area (Å²) < 4.78 is 1.73. The first-order valence-corrected chi connectivity index (χ1v) is 12.0. The van der Waals surface area contributed by atoms with Gasteiger partial charge in [-0.2, -0.15) is 15.8 Å². The van der Waals surface area contributed by atoms with Gasteiger partial charge >= 0.3 is 16.8 Å². The van der Waals surface area contributed by atoms with Crippen LogP contribution in [-0.2, 0) is 30.9 Å². The third-order valence-corrected chi connectivity index (χ3v) is 5.91. The SMILES string of the molecule is [C-]#[N+]c1c(C)c(N=Nc2nc(C#N)c(C#N)[n-]2)c(O)n(C)c1=O.[C-]#[N+]c1nc(N=Nc2c(C)c(C#N)c(=O)n(C)c2O)[n-]c1[N+]#[C-].[Co+2]. The largest absolute Gasteiger partial charge is 2.00 e. The molecule has 0 amide bonds. The van der Waals surface area contributed by atoms with Crippen LogP contribution in [0.25, 0.3) is 14.5 Å². The average molecular weight is 673 g/mol. The van der Waals surface area contributed by atoms with Crippen molar-refractivity contribution in [1.82, 2.24) is 29.1 Å². The summed E-state index contributed by atoms with van der Waals surface area (Å²) in [5.74, 6) is -1.82. The third-order valence-electron chi connectivity index (χ3n) is 5.91. The van der Waals surface area contributed by atoms with E-state index in [9.17, 15) is 19.8 Å². The molecular formula is C26H14CoN16O4. The topological polar surface area (TPSA) is 272 Å². The molecule has 0 bridgehead atoms. The van der Waals surface area contributed by atoms with Gasteiger partial charge < -0.3 is 29.9 Å². The Morgan fingerprint density at radius 1 is 0.766 bits per heavy atom. The van der Waals surface area contributed by atoms with Crippen LogP contribution < -0.4 is 21.1 Å². The third kappa shape index (κ3) is 6.88. The van der Waals surface area contributed by atoms with Gasteiger partial charge in [0.25, 0.3) is 16.8 Å². The molecule has 0 unspecified atom stereocenters. The summed E-state index contributed by atoms with van der Waals surface area (Å²) >= 11 is 0. The normalized spacial score (nSPS) is 10.0. The van der Waals surface area contributed by atoms with Gasteiger partial charge in [-0.15, -0.1) is 10.2 Å². The van der Waals surface area contributed by atoms with E-state index in [1.54, 1.807) is 18.2 Å². The summed E-state index contributed by atoms with van der Waals surface area (Å²) in [7, 11) is 2.57. The number of nitrogens with zero attached hydrogens (tertiary/aromatic N) is 16. The Kier molecular flexibility index (Phi) is 11.3. The maximum atomic E-state index is 11.8. The zero-order valence-corrected chi connectivity index (χ0v) is 25.2. The van der Waals surface area contributed by atoms with E-state index >= 15 is 0 Å². The molecular weight excluding hydrogens is 659 g/mol. The number of nitriles is 3. The van der Waals surface area contributed by atoms with E-state index in [1.165, 1.54) is 27.9 Å². The summed E-state index contributed by atoms with van der Waals surface area (Å²) in [6.45, 7) is 23.6. The van der Waals surface area contributed by atoms with Gasteiger partial charge in [-0.05, 0) is 19.4 Å². The van der Waals surface area contributed by atoms with Crippen LogP contribution >= 0.6 is 0 Å². The monoisotopic (exact) mass is 673 g/mol. The first-order chi connectivity index (χ1) is 21.9. The summed E-state index contributed by atoms with van der Waals surface area (Å²) in [5.41, 5.74) is -1.95. The Hall–Kier alpha value is -7.43. The van der Waals surface area contributed by atoms with Gasteiger partial charge in [-0.3, -0.25) is 33.8 Å². The minimum absolute atomic E-state index is 0. The fourth-order valence-corrected chi connectivity index (χ4v) is 3.46. The van der Waals surface area contributed by atoms with Crippen LogP contribution in [0.5, 0.6) is 11.8 Å². The molecule has 20 nitrogen and oxygen atoms in total. The smallest absolute Gasteiger partial charge is 0.562 e. The van der Waals surface area contributed by atoms with Crippen molar-refractivity contribution in [2.75, 3.05) is 0 Å². The van der Waals surface area contributed by atoms with Crippen molar-refractivity contribution in [2.24, 2.45) is 34.6 Å². The maximum absolute atomic E-state index is 11.8. The van der Waals surface area contributed by atoms with Crippen LogP contribution in [0.3, 0.4) is 0 Å². The molecule has 4 rings (SSSR count). The molecule has 0 aliphatic rings. The molecule has 0 aromatic carbocycles. The van der Waals surface area contributed by atoms with E-state index in [0.29, 0.717) is 0 Å². The number of pyridine rings is 2. The van der Waals surface area contributed by atoms with Crippen molar-refractivity contribution in [3.8, 4) is 30.0 Å². The van der Waals surface area contributed by atoms with Crippen molar-refractivity contribution in [3.05, 3.63) is 83.0 Å². The minimum Gasteiger partial charge on any atom is -0.562 e. The fraction of sp³-hybridized carbons (Fsp3) is 0.154. The van der Waals surface area contributed by atoms with Gasteiger partial charge in [-0.1, -0.05) is 6.57 Å². The second kappa shape index (κ2) is 14.8. The number of azo groups is 2. The van der Waals surface area contributed by atoms with Gasteiger partial charge in [0.05, 0.1) is 23.8 Å². The quantitative estimate of drug-likeness (QED) is 0.233. The number of imidazole rings is 2. The molecule has 0 atom stereocenters. The summed E-state index contributed by atoms with van der Waals surface area (Å²) in [6, 6.07) is 5.13. The molecule has 231 valence electrons. The molecule has 21 heteroatoms. The predicted molar refractivity (Wildman–Crippen MR) is 153 cm³/mol. The van der Waals surface area contributed by atoms with E-state index in [-0.39, 0.29) is 85.5 Å². The van der Waals surface area contributed by atoms with E-state index < -0.39 is 22.9 Å².